The monoisotopic (exact) mass is 252 g/mol. The summed E-state index contributed by atoms with van der Waals surface area (Å²) in [6, 6.07) is 4.85. The van der Waals surface area contributed by atoms with Crippen molar-refractivity contribution in [3.05, 3.63) is 29.3 Å². The first kappa shape index (κ1) is 18.7. The van der Waals surface area contributed by atoms with Gasteiger partial charge in [-0.2, -0.15) is 0 Å². The van der Waals surface area contributed by atoms with Crippen LogP contribution in [0.25, 0.3) is 0 Å². The van der Waals surface area contributed by atoms with Gasteiger partial charge in [0.1, 0.15) is 5.75 Å². The summed E-state index contributed by atoms with van der Waals surface area (Å²) in [5, 5.41) is 0. The number of hydrogen-bond donors (Lipinski definition) is 0. The van der Waals surface area contributed by atoms with Gasteiger partial charge >= 0.3 is 0 Å². The molecule has 0 radical (unpaired) electrons. The molecule has 0 atom stereocenters. The van der Waals surface area contributed by atoms with E-state index in [1.54, 1.807) is 25.1 Å². The van der Waals surface area contributed by atoms with Gasteiger partial charge in [0.25, 0.3) is 0 Å². The Bertz CT molecular complexity index is 357. The molecule has 102 valence electrons. The molecule has 0 aliphatic rings. The quantitative estimate of drug-likeness (QED) is 0.597. The number of benzene rings is 1. The maximum absolute atomic E-state index is 11.3. The standard InChI is InChI=1S/C11H12O3.2C2H6/c1-3-10(13)8-4-5-11(14-2)9(6-8)7-12;2*1-2/h4-7H,3H2,1-2H3;2*1-2H3. The summed E-state index contributed by atoms with van der Waals surface area (Å²) in [7, 11) is 1.49. The van der Waals surface area contributed by atoms with Gasteiger partial charge in [0.15, 0.2) is 12.1 Å². The van der Waals surface area contributed by atoms with Crippen LogP contribution >= 0.6 is 0 Å². The van der Waals surface area contributed by atoms with Gasteiger partial charge in [-0.3, -0.25) is 9.59 Å². The van der Waals surface area contributed by atoms with Gasteiger partial charge in [-0.1, -0.05) is 34.6 Å². The first-order chi connectivity index (χ1) is 8.72. The molecule has 0 N–H and O–H groups in total. The highest BCUT2D eigenvalue weighted by Gasteiger charge is 2.07. The molecule has 0 aliphatic carbocycles. The number of ether oxygens (including phenoxy) is 1. The molecular formula is C15H24O3. The normalized spacial score (nSPS) is 8.11. The van der Waals surface area contributed by atoms with Crippen LogP contribution in [0.5, 0.6) is 5.75 Å². The fourth-order valence-electron chi connectivity index (χ4n) is 1.20. The average Bonchev–Trinajstić information content (AvgIpc) is 2.49. The van der Waals surface area contributed by atoms with Gasteiger partial charge in [0.2, 0.25) is 0 Å². The SMILES string of the molecule is CC.CC.CCC(=O)c1ccc(OC)c(C=O)c1. The Morgan fingerprint density at radius 2 is 1.78 bits per heavy atom. The Hall–Kier alpha value is -1.64. The van der Waals surface area contributed by atoms with Crippen LogP contribution < -0.4 is 4.74 Å². The summed E-state index contributed by atoms with van der Waals surface area (Å²) in [5.74, 6) is 0.517. The van der Waals surface area contributed by atoms with E-state index in [4.69, 9.17) is 4.74 Å². The Labute approximate surface area is 110 Å². The zero-order valence-corrected chi connectivity index (χ0v) is 12.2. The van der Waals surface area contributed by atoms with Crippen LogP contribution in [0.3, 0.4) is 0 Å². The minimum atomic E-state index is 0.0238. The molecule has 0 saturated carbocycles. The van der Waals surface area contributed by atoms with Crippen molar-refractivity contribution in [3.8, 4) is 5.75 Å². The molecule has 0 saturated heterocycles. The van der Waals surface area contributed by atoms with Crippen molar-refractivity contribution in [2.45, 2.75) is 41.0 Å². The molecular weight excluding hydrogens is 228 g/mol. The zero-order chi connectivity index (χ0) is 14.6. The third-order valence-electron chi connectivity index (χ3n) is 2.00. The molecule has 0 spiro atoms. The van der Waals surface area contributed by atoms with E-state index >= 15 is 0 Å². The van der Waals surface area contributed by atoms with E-state index in [-0.39, 0.29) is 5.78 Å². The molecule has 0 aromatic heterocycles. The fourth-order valence-corrected chi connectivity index (χ4v) is 1.20. The molecule has 1 aromatic carbocycles. The van der Waals surface area contributed by atoms with Crippen LogP contribution in [-0.4, -0.2) is 19.2 Å². The number of ketones is 1. The van der Waals surface area contributed by atoms with Crippen LogP contribution in [0, 0.1) is 0 Å². The number of carbonyl (C=O) groups excluding carboxylic acids is 2. The maximum atomic E-state index is 11.3. The largest absolute Gasteiger partial charge is 0.496 e. The summed E-state index contributed by atoms with van der Waals surface area (Å²) >= 11 is 0. The van der Waals surface area contributed by atoms with Gasteiger partial charge in [0.05, 0.1) is 12.7 Å². The molecule has 0 fully saturated rings. The van der Waals surface area contributed by atoms with Crippen molar-refractivity contribution in [2.75, 3.05) is 7.11 Å². The zero-order valence-electron chi connectivity index (χ0n) is 12.2. The summed E-state index contributed by atoms with van der Waals surface area (Å²) in [6.45, 7) is 9.78. The third-order valence-corrected chi connectivity index (χ3v) is 2.00. The summed E-state index contributed by atoms with van der Waals surface area (Å²) in [5.41, 5.74) is 0.960. The van der Waals surface area contributed by atoms with Gasteiger partial charge in [0, 0.05) is 12.0 Å². The third kappa shape index (κ3) is 5.62. The van der Waals surface area contributed by atoms with Crippen molar-refractivity contribution in [2.24, 2.45) is 0 Å². The number of methoxy groups -OCH3 is 1. The summed E-state index contributed by atoms with van der Waals surface area (Å²) < 4.78 is 4.96. The van der Waals surface area contributed by atoms with Crippen molar-refractivity contribution in [1.29, 1.82) is 0 Å². The molecule has 0 heterocycles. The Kier molecular flexibility index (Phi) is 12.3. The predicted molar refractivity (Wildman–Crippen MR) is 75.7 cm³/mol. The highest BCUT2D eigenvalue weighted by molar-refractivity contribution is 5.97. The number of carbonyl (C=O) groups is 2. The highest BCUT2D eigenvalue weighted by Crippen LogP contribution is 2.18. The maximum Gasteiger partial charge on any atom is 0.162 e. The van der Waals surface area contributed by atoms with Gasteiger partial charge < -0.3 is 4.74 Å². The average molecular weight is 252 g/mol. The minimum Gasteiger partial charge on any atom is -0.496 e. The van der Waals surface area contributed by atoms with E-state index in [2.05, 4.69) is 0 Å². The van der Waals surface area contributed by atoms with E-state index < -0.39 is 0 Å². The van der Waals surface area contributed by atoms with Crippen molar-refractivity contribution in [1.82, 2.24) is 0 Å². The lowest BCUT2D eigenvalue weighted by Gasteiger charge is -2.04. The van der Waals surface area contributed by atoms with Crippen LogP contribution in [0.15, 0.2) is 18.2 Å². The second-order valence-corrected chi connectivity index (χ2v) is 2.85. The minimum absolute atomic E-state index is 0.0238. The Morgan fingerprint density at radius 3 is 2.17 bits per heavy atom. The number of aldehydes is 1. The summed E-state index contributed by atoms with van der Waals surface area (Å²) in [4.78, 5) is 22.0. The van der Waals surface area contributed by atoms with E-state index in [0.717, 1.165) is 0 Å². The van der Waals surface area contributed by atoms with Gasteiger partial charge in [-0.15, -0.1) is 0 Å². The molecule has 3 heteroatoms. The van der Waals surface area contributed by atoms with E-state index in [1.165, 1.54) is 7.11 Å². The molecule has 0 unspecified atom stereocenters. The van der Waals surface area contributed by atoms with Crippen molar-refractivity contribution >= 4 is 12.1 Å². The Morgan fingerprint density at radius 1 is 1.22 bits per heavy atom. The number of Topliss-reactive ketones (excluding diaryl/α,β-unsaturated/α-hetero) is 1. The van der Waals surface area contributed by atoms with Crippen LogP contribution in [-0.2, 0) is 0 Å². The highest BCUT2D eigenvalue weighted by atomic mass is 16.5. The summed E-state index contributed by atoms with van der Waals surface area (Å²) in [6.07, 6.45) is 1.12. The molecule has 0 aliphatic heterocycles. The topological polar surface area (TPSA) is 43.4 Å². The van der Waals surface area contributed by atoms with Crippen LogP contribution in [0.2, 0.25) is 0 Å². The van der Waals surface area contributed by atoms with E-state index in [1.807, 2.05) is 27.7 Å². The number of hydrogen-bond acceptors (Lipinski definition) is 3. The predicted octanol–water partition coefficient (Wildman–Crippen LogP) is 4.15. The molecule has 0 amide bonds. The molecule has 0 bridgehead atoms. The van der Waals surface area contributed by atoms with Gasteiger partial charge in [-0.25, -0.2) is 0 Å². The lowest BCUT2D eigenvalue weighted by atomic mass is 10.1. The molecule has 1 rings (SSSR count). The Balaban J connectivity index is 0. The first-order valence-corrected chi connectivity index (χ1v) is 6.39. The second-order valence-electron chi connectivity index (χ2n) is 2.85. The second kappa shape index (κ2) is 11.8. The lowest BCUT2D eigenvalue weighted by molar-refractivity contribution is 0.0988. The van der Waals surface area contributed by atoms with Crippen molar-refractivity contribution < 1.29 is 14.3 Å². The number of rotatable bonds is 4. The lowest BCUT2D eigenvalue weighted by Crippen LogP contribution is -1.99. The van der Waals surface area contributed by atoms with Crippen LogP contribution in [0.4, 0.5) is 0 Å². The van der Waals surface area contributed by atoms with Gasteiger partial charge in [-0.05, 0) is 18.2 Å². The molecule has 18 heavy (non-hydrogen) atoms. The molecule has 3 nitrogen and oxygen atoms in total. The first-order valence-electron chi connectivity index (χ1n) is 6.39. The van der Waals surface area contributed by atoms with Crippen LogP contribution in [0.1, 0.15) is 61.8 Å². The van der Waals surface area contributed by atoms with E-state index in [0.29, 0.717) is 29.6 Å². The van der Waals surface area contributed by atoms with E-state index in [9.17, 15) is 9.59 Å². The fraction of sp³-hybridized carbons (Fsp3) is 0.467. The van der Waals surface area contributed by atoms with Crippen molar-refractivity contribution in [3.63, 3.8) is 0 Å². The molecule has 1 aromatic rings. The smallest absolute Gasteiger partial charge is 0.162 e.